The zero-order valence-corrected chi connectivity index (χ0v) is 17.2. The van der Waals surface area contributed by atoms with Crippen molar-refractivity contribution in [2.24, 2.45) is 11.8 Å². The van der Waals surface area contributed by atoms with Crippen LogP contribution in [0, 0.1) is 11.8 Å². The number of anilines is 1. The van der Waals surface area contributed by atoms with Gasteiger partial charge in [-0.05, 0) is 51.4 Å². The molecule has 26 heavy (non-hydrogen) atoms. The van der Waals surface area contributed by atoms with Crippen LogP contribution < -0.4 is 4.90 Å². The number of rotatable bonds is 5. The van der Waals surface area contributed by atoms with Gasteiger partial charge in [0.2, 0.25) is 0 Å². The van der Waals surface area contributed by atoms with Gasteiger partial charge in [0.15, 0.2) is 5.82 Å². The van der Waals surface area contributed by atoms with E-state index in [1.54, 1.807) is 0 Å². The Bertz CT molecular complexity index is 568. The van der Waals surface area contributed by atoms with Gasteiger partial charge in [-0.25, -0.2) is 0 Å². The Morgan fingerprint density at radius 1 is 1.08 bits per heavy atom. The van der Waals surface area contributed by atoms with Crippen molar-refractivity contribution in [2.75, 3.05) is 31.1 Å². The molecule has 0 aliphatic carbocycles. The molecule has 1 N–H and O–H groups in total. The highest BCUT2D eigenvalue weighted by Crippen LogP contribution is 2.36. The average molecular weight is 364 g/mol. The van der Waals surface area contributed by atoms with Gasteiger partial charge in [-0.1, -0.05) is 25.9 Å². The first-order chi connectivity index (χ1) is 12.3. The standard InChI is InChI=1S/C21H37N3O2/c1-15(2)16(3)19-14-20(22-26-19)23-10-6-17(7-11-23)21(4,5)24-12-8-18(25)9-13-24/h14-18,25H,6-13H2,1-5H3. The van der Waals surface area contributed by atoms with E-state index in [1.165, 1.54) is 12.8 Å². The van der Waals surface area contributed by atoms with E-state index in [2.05, 4.69) is 55.6 Å². The lowest BCUT2D eigenvalue weighted by molar-refractivity contribution is -0.00339. The molecular formula is C21H37N3O2. The molecule has 0 bridgehead atoms. The summed E-state index contributed by atoms with van der Waals surface area (Å²) in [7, 11) is 0. The van der Waals surface area contributed by atoms with Crippen LogP contribution in [0.2, 0.25) is 0 Å². The number of nitrogens with zero attached hydrogens (tertiary/aromatic N) is 3. The third-order valence-corrected chi connectivity index (χ3v) is 7.06. The highest BCUT2D eigenvalue weighted by Gasteiger charge is 2.38. The van der Waals surface area contributed by atoms with Crippen LogP contribution >= 0.6 is 0 Å². The molecule has 1 aromatic rings. The van der Waals surface area contributed by atoms with Crippen molar-refractivity contribution in [2.45, 2.75) is 77.9 Å². The Morgan fingerprint density at radius 3 is 2.27 bits per heavy atom. The van der Waals surface area contributed by atoms with E-state index in [4.69, 9.17) is 4.52 Å². The molecule has 0 radical (unpaired) electrons. The van der Waals surface area contributed by atoms with Crippen molar-refractivity contribution in [3.05, 3.63) is 11.8 Å². The van der Waals surface area contributed by atoms with E-state index in [-0.39, 0.29) is 11.6 Å². The molecule has 2 saturated heterocycles. The number of aliphatic hydroxyl groups is 1. The van der Waals surface area contributed by atoms with Gasteiger partial charge in [-0.2, -0.15) is 0 Å². The summed E-state index contributed by atoms with van der Waals surface area (Å²) in [6, 6.07) is 2.14. The van der Waals surface area contributed by atoms with Crippen LogP contribution in [0.5, 0.6) is 0 Å². The van der Waals surface area contributed by atoms with Gasteiger partial charge in [-0.3, -0.25) is 4.90 Å². The van der Waals surface area contributed by atoms with Crippen LogP contribution in [-0.4, -0.2) is 53.0 Å². The summed E-state index contributed by atoms with van der Waals surface area (Å²) in [6.45, 7) is 15.6. The van der Waals surface area contributed by atoms with Crippen molar-refractivity contribution in [1.29, 1.82) is 0 Å². The number of likely N-dealkylation sites (tertiary alicyclic amines) is 1. The first kappa shape index (κ1) is 19.7. The van der Waals surface area contributed by atoms with Crippen molar-refractivity contribution < 1.29 is 9.63 Å². The summed E-state index contributed by atoms with van der Waals surface area (Å²) in [5.41, 5.74) is 0.202. The van der Waals surface area contributed by atoms with E-state index in [9.17, 15) is 5.11 Å². The molecule has 5 nitrogen and oxygen atoms in total. The molecule has 5 heteroatoms. The summed E-state index contributed by atoms with van der Waals surface area (Å²) >= 11 is 0. The Hall–Kier alpha value is -1.07. The smallest absolute Gasteiger partial charge is 0.172 e. The van der Waals surface area contributed by atoms with E-state index in [0.717, 1.165) is 50.6 Å². The van der Waals surface area contributed by atoms with Crippen molar-refractivity contribution in [3.63, 3.8) is 0 Å². The largest absolute Gasteiger partial charge is 0.393 e. The van der Waals surface area contributed by atoms with Crippen molar-refractivity contribution in [1.82, 2.24) is 10.1 Å². The second-order valence-corrected chi connectivity index (χ2v) is 9.25. The van der Waals surface area contributed by atoms with E-state index in [1.807, 2.05) is 0 Å². The summed E-state index contributed by atoms with van der Waals surface area (Å²) in [4.78, 5) is 4.98. The molecule has 2 aliphatic heterocycles. The SMILES string of the molecule is CC(C)C(C)c1cc(N2CCC(C(C)(C)N3CCC(O)CC3)CC2)no1. The maximum Gasteiger partial charge on any atom is 0.172 e. The number of aromatic nitrogens is 1. The molecule has 3 heterocycles. The van der Waals surface area contributed by atoms with Crippen LogP contribution in [-0.2, 0) is 0 Å². The van der Waals surface area contributed by atoms with E-state index < -0.39 is 0 Å². The highest BCUT2D eigenvalue weighted by atomic mass is 16.5. The van der Waals surface area contributed by atoms with Crippen LogP contribution in [0.3, 0.4) is 0 Å². The van der Waals surface area contributed by atoms with Crippen LogP contribution in [0.15, 0.2) is 10.6 Å². The summed E-state index contributed by atoms with van der Waals surface area (Å²) < 4.78 is 5.62. The number of aliphatic hydroxyl groups excluding tert-OH is 1. The van der Waals surface area contributed by atoms with Gasteiger partial charge in [0.05, 0.1) is 6.10 Å². The Morgan fingerprint density at radius 2 is 1.69 bits per heavy atom. The minimum Gasteiger partial charge on any atom is -0.393 e. The third-order valence-electron chi connectivity index (χ3n) is 7.06. The lowest BCUT2D eigenvalue weighted by atomic mass is 9.78. The Labute approximate surface area is 158 Å². The molecular weight excluding hydrogens is 326 g/mol. The lowest BCUT2D eigenvalue weighted by Crippen LogP contribution is -2.55. The van der Waals surface area contributed by atoms with Gasteiger partial charge in [0, 0.05) is 43.7 Å². The van der Waals surface area contributed by atoms with Gasteiger partial charge >= 0.3 is 0 Å². The molecule has 1 unspecified atom stereocenters. The first-order valence-electron chi connectivity index (χ1n) is 10.4. The minimum atomic E-state index is -0.0986. The molecule has 0 saturated carbocycles. The zero-order valence-electron chi connectivity index (χ0n) is 17.2. The average Bonchev–Trinajstić information content (AvgIpc) is 3.11. The fourth-order valence-corrected chi connectivity index (χ4v) is 4.49. The second kappa shape index (κ2) is 7.89. The van der Waals surface area contributed by atoms with E-state index >= 15 is 0 Å². The Balaban J connectivity index is 1.57. The molecule has 0 amide bonds. The van der Waals surface area contributed by atoms with Gasteiger partial charge < -0.3 is 14.5 Å². The highest BCUT2D eigenvalue weighted by molar-refractivity contribution is 5.39. The molecule has 148 valence electrons. The summed E-state index contributed by atoms with van der Waals surface area (Å²) in [5, 5.41) is 14.1. The molecule has 2 fully saturated rings. The van der Waals surface area contributed by atoms with Gasteiger partial charge in [0.25, 0.3) is 0 Å². The number of hydrogen-bond donors (Lipinski definition) is 1. The maximum absolute atomic E-state index is 9.79. The van der Waals surface area contributed by atoms with Gasteiger partial charge in [0.1, 0.15) is 5.76 Å². The summed E-state index contributed by atoms with van der Waals surface area (Å²) in [5.74, 6) is 3.66. The second-order valence-electron chi connectivity index (χ2n) is 9.25. The molecule has 0 spiro atoms. The molecule has 1 atom stereocenters. The minimum absolute atomic E-state index is 0.0986. The quantitative estimate of drug-likeness (QED) is 0.860. The van der Waals surface area contributed by atoms with Crippen molar-refractivity contribution >= 4 is 5.82 Å². The molecule has 0 aromatic carbocycles. The normalized spacial score (nSPS) is 23.0. The zero-order chi connectivity index (χ0) is 18.9. The fraction of sp³-hybridized carbons (Fsp3) is 0.857. The first-order valence-corrected chi connectivity index (χ1v) is 10.4. The predicted octanol–water partition coefficient (Wildman–Crippen LogP) is 3.89. The Kier molecular flexibility index (Phi) is 5.97. The topological polar surface area (TPSA) is 52.7 Å². The fourth-order valence-electron chi connectivity index (χ4n) is 4.49. The monoisotopic (exact) mass is 363 g/mol. The summed E-state index contributed by atoms with van der Waals surface area (Å²) in [6.07, 6.45) is 4.11. The van der Waals surface area contributed by atoms with Crippen LogP contribution in [0.25, 0.3) is 0 Å². The number of hydrogen-bond acceptors (Lipinski definition) is 5. The van der Waals surface area contributed by atoms with Crippen LogP contribution in [0.4, 0.5) is 5.82 Å². The molecule has 1 aromatic heterocycles. The maximum atomic E-state index is 9.79. The number of piperidine rings is 2. The predicted molar refractivity (Wildman–Crippen MR) is 106 cm³/mol. The molecule has 3 rings (SSSR count). The van der Waals surface area contributed by atoms with Crippen LogP contribution in [0.1, 0.15) is 72.0 Å². The van der Waals surface area contributed by atoms with Gasteiger partial charge in [-0.15, -0.1) is 0 Å². The van der Waals surface area contributed by atoms with E-state index in [0.29, 0.717) is 17.8 Å². The lowest BCUT2D eigenvalue weighted by Gasteiger charge is -2.49. The van der Waals surface area contributed by atoms with Crippen molar-refractivity contribution in [3.8, 4) is 0 Å². The molecule has 2 aliphatic rings. The third kappa shape index (κ3) is 4.09.